The molecule has 0 aliphatic carbocycles. The SMILES string of the molecule is CC(=O)CC(C)Oc1ccc(Cl)cc1. The predicted molar refractivity (Wildman–Crippen MR) is 56.8 cm³/mol. The molecule has 1 rings (SSSR count). The Hall–Kier alpha value is -1.02. The largest absolute Gasteiger partial charge is 0.490 e. The molecule has 0 radical (unpaired) electrons. The predicted octanol–water partition coefficient (Wildman–Crippen LogP) is 3.09. The molecule has 0 fully saturated rings. The van der Waals surface area contributed by atoms with Crippen molar-refractivity contribution in [2.75, 3.05) is 0 Å². The molecule has 1 unspecified atom stereocenters. The summed E-state index contributed by atoms with van der Waals surface area (Å²) in [4.78, 5) is 10.8. The van der Waals surface area contributed by atoms with E-state index >= 15 is 0 Å². The maximum Gasteiger partial charge on any atom is 0.133 e. The lowest BCUT2D eigenvalue weighted by Gasteiger charge is -2.12. The molecule has 0 aromatic heterocycles. The Balaban J connectivity index is 2.51. The van der Waals surface area contributed by atoms with Crippen molar-refractivity contribution in [1.82, 2.24) is 0 Å². The van der Waals surface area contributed by atoms with E-state index in [0.29, 0.717) is 11.4 Å². The van der Waals surface area contributed by atoms with Crippen LogP contribution < -0.4 is 4.74 Å². The van der Waals surface area contributed by atoms with Crippen LogP contribution in [0.4, 0.5) is 0 Å². The molecule has 1 atom stereocenters. The molecular formula is C11H13ClO2. The zero-order chi connectivity index (χ0) is 10.6. The van der Waals surface area contributed by atoms with Gasteiger partial charge >= 0.3 is 0 Å². The molecule has 0 spiro atoms. The highest BCUT2D eigenvalue weighted by molar-refractivity contribution is 6.30. The maximum atomic E-state index is 10.8. The number of benzene rings is 1. The monoisotopic (exact) mass is 212 g/mol. The molecule has 1 aromatic carbocycles. The third kappa shape index (κ3) is 3.79. The number of ether oxygens (including phenoxy) is 1. The number of hydrogen-bond donors (Lipinski definition) is 0. The third-order valence-electron chi connectivity index (χ3n) is 1.73. The lowest BCUT2D eigenvalue weighted by Crippen LogP contribution is -2.15. The van der Waals surface area contributed by atoms with Crippen molar-refractivity contribution < 1.29 is 9.53 Å². The van der Waals surface area contributed by atoms with E-state index in [9.17, 15) is 4.79 Å². The summed E-state index contributed by atoms with van der Waals surface area (Å²) >= 11 is 5.72. The van der Waals surface area contributed by atoms with Crippen LogP contribution in [0, 0.1) is 0 Å². The molecule has 0 saturated heterocycles. The van der Waals surface area contributed by atoms with Crippen LogP contribution in [-0.4, -0.2) is 11.9 Å². The van der Waals surface area contributed by atoms with Crippen LogP contribution in [0.1, 0.15) is 20.3 Å². The van der Waals surface area contributed by atoms with Gasteiger partial charge in [-0.05, 0) is 38.1 Å². The minimum Gasteiger partial charge on any atom is -0.490 e. The van der Waals surface area contributed by atoms with E-state index < -0.39 is 0 Å². The Morgan fingerprint density at radius 1 is 1.43 bits per heavy atom. The molecular weight excluding hydrogens is 200 g/mol. The van der Waals surface area contributed by atoms with Gasteiger partial charge in [-0.25, -0.2) is 0 Å². The van der Waals surface area contributed by atoms with E-state index in [-0.39, 0.29) is 11.9 Å². The van der Waals surface area contributed by atoms with Gasteiger partial charge in [0.05, 0.1) is 0 Å². The number of ketones is 1. The highest BCUT2D eigenvalue weighted by atomic mass is 35.5. The Labute approximate surface area is 88.8 Å². The molecule has 0 N–H and O–H groups in total. The average Bonchev–Trinajstić information content (AvgIpc) is 2.07. The van der Waals surface area contributed by atoms with Crippen LogP contribution in [0.5, 0.6) is 5.75 Å². The zero-order valence-corrected chi connectivity index (χ0v) is 9.04. The molecule has 0 amide bonds. The number of carbonyl (C=O) groups is 1. The van der Waals surface area contributed by atoms with Crippen LogP contribution in [0.15, 0.2) is 24.3 Å². The summed E-state index contributed by atoms with van der Waals surface area (Å²) in [6, 6.07) is 7.10. The van der Waals surface area contributed by atoms with Crippen molar-refractivity contribution in [2.45, 2.75) is 26.4 Å². The van der Waals surface area contributed by atoms with E-state index in [4.69, 9.17) is 16.3 Å². The van der Waals surface area contributed by atoms with Crippen LogP contribution in [0.3, 0.4) is 0 Å². The number of rotatable bonds is 4. The summed E-state index contributed by atoms with van der Waals surface area (Å²) < 4.78 is 5.50. The Morgan fingerprint density at radius 2 is 2.00 bits per heavy atom. The molecule has 14 heavy (non-hydrogen) atoms. The Bertz CT molecular complexity index is 306. The van der Waals surface area contributed by atoms with E-state index in [1.165, 1.54) is 0 Å². The second-order valence-corrected chi connectivity index (χ2v) is 3.72. The summed E-state index contributed by atoms with van der Waals surface area (Å²) in [5.41, 5.74) is 0. The summed E-state index contributed by atoms with van der Waals surface area (Å²) in [6.07, 6.45) is 0.344. The fourth-order valence-corrected chi connectivity index (χ4v) is 1.32. The second kappa shape index (κ2) is 5.01. The van der Waals surface area contributed by atoms with Gasteiger partial charge in [-0.15, -0.1) is 0 Å². The van der Waals surface area contributed by atoms with Crippen molar-refractivity contribution in [3.63, 3.8) is 0 Å². The van der Waals surface area contributed by atoms with Crippen molar-refractivity contribution in [1.29, 1.82) is 0 Å². The normalized spacial score (nSPS) is 12.2. The van der Waals surface area contributed by atoms with Gasteiger partial charge in [0.1, 0.15) is 17.6 Å². The molecule has 1 aromatic rings. The van der Waals surface area contributed by atoms with Crippen molar-refractivity contribution >= 4 is 17.4 Å². The zero-order valence-electron chi connectivity index (χ0n) is 8.29. The second-order valence-electron chi connectivity index (χ2n) is 3.29. The van der Waals surface area contributed by atoms with Gasteiger partial charge in [-0.2, -0.15) is 0 Å². The van der Waals surface area contributed by atoms with Crippen LogP contribution in [0.2, 0.25) is 5.02 Å². The van der Waals surface area contributed by atoms with E-state index in [1.807, 2.05) is 6.92 Å². The maximum absolute atomic E-state index is 10.8. The Kier molecular flexibility index (Phi) is 3.96. The first-order valence-corrected chi connectivity index (χ1v) is 4.87. The molecule has 0 heterocycles. The quantitative estimate of drug-likeness (QED) is 0.767. The van der Waals surface area contributed by atoms with Gasteiger partial charge in [0.15, 0.2) is 0 Å². The summed E-state index contributed by atoms with van der Waals surface area (Å²) in [5, 5.41) is 0.677. The smallest absolute Gasteiger partial charge is 0.133 e. The fourth-order valence-electron chi connectivity index (χ4n) is 1.19. The molecule has 0 saturated carbocycles. The van der Waals surface area contributed by atoms with Crippen LogP contribution in [0.25, 0.3) is 0 Å². The highest BCUT2D eigenvalue weighted by Crippen LogP contribution is 2.17. The summed E-state index contributed by atoms with van der Waals surface area (Å²) in [6.45, 7) is 3.43. The average molecular weight is 213 g/mol. The van der Waals surface area contributed by atoms with Crippen molar-refractivity contribution in [3.8, 4) is 5.75 Å². The summed E-state index contributed by atoms with van der Waals surface area (Å²) in [5.74, 6) is 0.870. The molecule has 76 valence electrons. The first-order valence-electron chi connectivity index (χ1n) is 4.49. The molecule has 0 aliphatic heterocycles. The van der Waals surface area contributed by atoms with Gasteiger partial charge in [0.25, 0.3) is 0 Å². The molecule has 0 aliphatic rings. The number of halogens is 1. The Morgan fingerprint density at radius 3 is 2.50 bits per heavy atom. The lowest BCUT2D eigenvalue weighted by atomic mass is 10.2. The molecule has 3 heteroatoms. The van der Waals surface area contributed by atoms with Crippen molar-refractivity contribution in [2.24, 2.45) is 0 Å². The van der Waals surface area contributed by atoms with Crippen LogP contribution >= 0.6 is 11.6 Å². The van der Waals surface area contributed by atoms with Gasteiger partial charge in [0.2, 0.25) is 0 Å². The van der Waals surface area contributed by atoms with Gasteiger partial charge in [-0.1, -0.05) is 11.6 Å². The van der Waals surface area contributed by atoms with Gasteiger partial charge in [0, 0.05) is 11.4 Å². The summed E-state index contributed by atoms with van der Waals surface area (Å²) in [7, 11) is 0. The van der Waals surface area contributed by atoms with Gasteiger partial charge < -0.3 is 4.74 Å². The molecule has 0 bridgehead atoms. The molecule has 2 nitrogen and oxygen atoms in total. The first-order chi connectivity index (χ1) is 6.58. The third-order valence-corrected chi connectivity index (χ3v) is 1.98. The minimum absolute atomic E-state index is 0.0892. The van der Waals surface area contributed by atoms with E-state index in [1.54, 1.807) is 31.2 Å². The number of carbonyl (C=O) groups excluding carboxylic acids is 1. The van der Waals surface area contributed by atoms with Gasteiger partial charge in [-0.3, -0.25) is 4.79 Å². The van der Waals surface area contributed by atoms with E-state index in [0.717, 1.165) is 5.75 Å². The standard InChI is InChI=1S/C11H13ClO2/c1-8(13)7-9(2)14-11-5-3-10(12)4-6-11/h3-6,9H,7H2,1-2H3. The first kappa shape index (κ1) is 11.1. The van der Waals surface area contributed by atoms with E-state index in [2.05, 4.69) is 0 Å². The number of hydrogen-bond acceptors (Lipinski definition) is 2. The topological polar surface area (TPSA) is 26.3 Å². The lowest BCUT2D eigenvalue weighted by molar-refractivity contribution is -0.118. The minimum atomic E-state index is -0.0892. The fraction of sp³-hybridized carbons (Fsp3) is 0.364. The number of Topliss-reactive ketones (excluding diaryl/α,β-unsaturated/α-hetero) is 1. The highest BCUT2D eigenvalue weighted by Gasteiger charge is 2.06. The van der Waals surface area contributed by atoms with Crippen LogP contribution in [-0.2, 0) is 4.79 Å². The van der Waals surface area contributed by atoms with Crippen molar-refractivity contribution in [3.05, 3.63) is 29.3 Å².